The largest absolute Gasteiger partial charge is 0.469 e. The van der Waals surface area contributed by atoms with E-state index in [1.807, 2.05) is 0 Å². The van der Waals surface area contributed by atoms with Crippen molar-refractivity contribution in [3.63, 3.8) is 0 Å². The van der Waals surface area contributed by atoms with Crippen molar-refractivity contribution in [3.05, 3.63) is 12.2 Å². The molecule has 7 heteroatoms. The predicted molar refractivity (Wildman–Crippen MR) is 115 cm³/mol. The van der Waals surface area contributed by atoms with E-state index >= 15 is 0 Å². The van der Waals surface area contributed by atoms with Gasteiger partial charge >= 0.3 is 7.82 Å². The number of allylic oxidation sites excluding steroid dienone is 2. The van der Waals surface area contributed by atoms with E-state index in [1.54, 1.807) is 0 Å². The maximum Gasteiger partial charge on any atom is 0.469 e. The first-order valence-corrected chi connectivity index (χ1v) is 12.6. The summed E-state index contributed by atoms with van der Waals surface area (Å²) in [7, 11) is -4.39. The molecule has 0 rings (SSSR count). The molecule has 0 aliphatic heterocycles. The van der Waals surface area contributed by atoms with Crippen molar-refractivity contribution in [2.45, 2.75) is 103 Å². The maximum absolute atomic E-state index is 11.6. The zero-order chi connectivity index (χ0) is 20.9. The fourth-order valence-corrected chi connectivity index (χ4v) is 3.30. The monoisotopic (exact) mass is 419 g/mol. The lowest BCUT2D eigenvalue weighted by Crippen LogP contribution is -2.24. The molecule has 6 nitrogen and oxygen atoms in total. The van der Waals surface area contributed by atoms with Crippen molar-refractivity contribution in [1.82, 2.24) is 5.32 Å². The number of carbonyl (C=O) groups is 1. The number of phosphoric acid groups is 1. The summed E-state index contributed by atoms with van der Waals surface area (Å²) in [6.45, 7) is 2.57. The van der Waals surface area contributed by atoms with E-state index in [1.165, 1.54) is 57.8 Å². The van der Waals surface area contributed by atoms with Gasteiger partial charge in [0, 0.05) is 13.0 Å². The molecule has 1 amide bonds. The van der Waals surface area contributed by atoms with Gasteiger partial charge in [0.25, 0.3) is 0 Å². The molecule has 0 aliphatic rings. The Morgan fingerprint density at radius 1 is 0.857 bits per heavy atom. The number of unbranched alkanes of at least 4 members (excludes halogenated alkanes) is 11. The first-order valence-electron chi connectivity index (χ1n) is 11.1. The molecule has 3 N–H and O–H groups in total. The lowest BCUT2D eigenvalue weighted by Gasteiger charge is -2.06. The van der Waals surface area contributed by atoms with E-state index in [0.717, 1.165) is 25.7 Å². The van der Waals surface area contributed by atoms with E-state index in [0.29, 0.717) is 19.4 Å². The van der Waals surface area contributed by atoms with Crippen LogP contribution in [0.4, 0.5) is 0 Å². The molecule has 0 saturated heterocycles. The van der Waals surface area contributed by atoms with Gasteiger partial charge in [0.1, 0.15) is 0 Å². The van der Waals surface area contributed by atoms with Gasteiger partial charge in [-0.1, -0.05) is 70.4 Å². The van der Waals surface area contributed by atoms with Crippen LogP contribution in [0, 0.1) is 0 Å². The highest BCUT2D eigenvalue weighted by molar-refractivity contribution is 7.46. The zero-order valence-corrected chi connectivity index (χ0v) is 18.6. The van der Waals surface area contributed by atoms with Crippen molar-refractivity contribution < 1.29 is 23.7 Å². The summed E-state index contributed by atoms with van der Waals surface area (Å²) in [6, 6.07) is 0. The van der Waals surface area contributed by atoms with Crippen LogP contribution in [-0.4, -0.2) is 28.8 Å². The third-order valence-corrected chi connectivity index (χ3v) is 5.09. The first kappa shape index (κ1) is 27.3. The number of rotatable bonds is 20. The molecule has 166 valence electrons. The summed E-state index contributed by atoms with van der Waals surface area (Å²) < 4.78 is 14.8. The average molecular weight is 420 g/mol. The van der Waals surface area contributed by atoms with E-state index < -0.39 is 7.82 Å². The molecule has 0 atom stereocenters. The minimum Gasteiger partial charge on any atom is -0.356 e. The number of hydrogen-bond acceptors (Lipinski definition) is 3. The lowest BCUT2D eigenvalue weighted by molar-refractivity contribution is -0.121. The third kappa shape index (κ3) is 23.4. The Morgan fingerprint density at radius 3 is 1.96 bits per heavy atom. The van der Waals surface area contributed by atoms with Crippen LogP contribution < -0.4 is 5.32 Å². The van der Waals surface area contributed by atoms with Gasteiger partial charge in [0.15, 0.2) is 0 Å². The van der Waals surface area contributed by atoms with E-state index in [-0.39, 0.29) is 12.5 Å². The summed E-state index contributed by atoms with van der Waals surface area (Å²) in [6.07, 6.45) is 21.6. The first-order chi connectivity index (χ1) is 13.5. The molecule has 0 heterocycles. The third-order valence-electron chi connectivity index (χ3n) is 4.57. The number of nitrogens with one attached hydrogen (secondary N) is 1. The zero-order valence-electron chi connectivity index (χ0n) is 17.7. The second kappa shape index (κ2) is 19.6. The summed E-state index contributed by atoms with van der Waals surface area (Å²) in [5, 5.41) is 2.74. The second-order valence-corrected chi connectivity index (χ2v) is 8.60. The van der Waals surface area contributed by atoms with Crippen molar-refractivity contribution in [2.24, 2.45) is 0 Å². The van der Waals surface area contributed by atoms with Gasteiger partial charge in [-0.15, -0.1) is 0 Å². The highest BCUT2D eigenvalue weighted by atomic mass is 31.2. The summed E-state index contributed by atoms with van der Waals surface area (Å²) in [4.78, 5) is 28.7. The van der Waals surface area contributed by atoms with E-state index in [2.05, 4.69) is 28.9 Å². The molecule has 0 spiro atoms. The molecule has 0 aromatic rings. The number of phosphoric ester groups is 1. The van der Waals surface area contributed by atoms with Gasteiger partial charge in [-0.2, -0.15) is 0 Å². The molecule has 0 bridgehead atoms. The van der Waals surface area contributed by atoms with Crippen LogP contribution in [0.5, 0.6) is 0 Å². The molecule has 0 saturated carbocycles. The maximum atomic E-state index is 11.6. The molecule has 0 aromatic carbocycles. The SMILES string of the molecule is CCCCCCCC/C=C\CCCCCCCC(=O)NCCCOP(=O)(O)O. The Kier molecular flexibility index (Phi) is 19.2. The predicted octanol–water partition coefficient (Wildman–Crippen LogP) is 5.64. The minimum atomic E-state index is -4.39. The fraction of sp³-hybridized carbons (Fsp3) is 0.857. The van der Waals surface area contributed by atoms with Crippen molar-refractivity contribution in [1.29, 1.82) is 0 Å². The van der Waals surface area contributed by atoms with Crippen LogP contribution in [0.3, 0.4) is 0 Å². The van der Waals surface area contributed by atoms with Crippen LogP contribution in [0.15, 0.2) is 12.2 Å². The van der Waals surface area contributed by atoms with Crippen LogP contribution in [0.2, 0.25) is 0 Å². The topological polar surface area (TPSA) is 95.9 Å². The number of hydrogen-bond donors (Lipinski definition) is 3. The summed E-state index contributed by atoms with van der Waals surface area (Å²) in [5.41, 5.74) is 0. The molecule has 28 heavy (non-hydrogen) atoms. The number of amides is 1. The normalized spacial score (nSPS) is 12.0. The Labute approximate surface area is 171 Å². The average Bonchev–Trinajstić information content (AvgIpc) is 2.63. The van der Waals surface area contributed by atoms with Gasteiger partial charge in [0.05, 0.1) is 6.61 Å². The number of carbonyl (C=O) groups excluding carboxylic acids is 1. The van der Waals surface area contributed by atoms with Crippen LogP contribution in [-0.2, 0) is 13.9 Å². The van der Waals surface area contributed by atoms with Gasteiger partial charge in [-0.3, -0.25) is 9.32 Å². The molecule has 0 aromatic heterocycles. The Bertz CT molecular complexity index is 437. The Balaban J connectivity index is 3.26. The van der Waals surface area contributed by atoms with Gasteiger partial charge in [0.2, 0.25) is 5.91 Å². The molecular formula is C21H42NO5P. The summed E-state index contributed by atoms with van der Waals surface area (Å²) in [5.74, 6) is -0.00573. The van der Waals surface area contributed by atoms with Crippen molar-refractivity contribution in [2.75, 3.05) is 13.2 Å². The van der Waals surface area contributed by atoms with Crippen LogP contribution in [0.1, 0.15) is 103 Å². The molecule has 0 fully saturated rings. The fourth-order valence-electron chi connectivity index (χ4n) is 2.93. The van der Waals surface area contributed by atoms with Gasteiger partial charge in [-0.25, -0.2) is 4.57 Å². The minimum absolute atomic E-state index is 0.00573. The smallest absolute Gasteiger partial charge is 0.356 e. The quantitative estimate of drug-likeness (QED) is 0.135. The second-order valence-electron chi connectivity index (χ2n) is 7.36. The summed E-state index contributed by atoms with van der Waals surface area (Å²) >= 11 is 0. The van der Waals surface area contributed by atoms with E-state index in [4.69, 9.17) is 9.79 Å². The Hall–Kier alpha value is -0.680. The molecular weight excluding hydrogens is 377 g/mol. The van der Waals surface area contributed by atoms with Crippen molar-refractivity contribution >= 4 is 13.7 Å². The standard InChI is InChI=1S/C21H42NO5P/c1-2-3-4-5-6-7-8-9-10-11-12-13-14-15-16-18-21(23)22-19-17-20-27-28(24,25)26/h9-10H,2-8,11-20H2,1H3,(H,22,23)(H2,24,25,26)/b10-9-. The Morgan fingerprint density at radius 2 is 1.39 bits per heavy atom. The van der Waals surface area contributed by atoms with Crippen LogP contribution in [0.25, 0.3) is 0 Å². The van der Waals surface area contributed by atoms with Gasteiger partial charge < -0.3 is 15.1 Å². The highest BCUT2D eigenvalue weighted by Crippen LogP contribution is 2.35. The van der Waals surface area contributed by atoms with Gasteiger partial charge in [-0.05, 0) is 38.5 Å². The van der Waals surface area contributed by atoms with E-state index in [9.17, 15) is 9.36 Å². The molecule has 0 aliphatic carbocycles. The van der Waals surface area contributed by atoms with Crippen molar-refractivity contribution in [3.8, 4) is 0 Å². The molecule has 0 radical (unpaired) electrons. The highest BCUT2D eigenvalue weighted by Gasteiger charge is 2.12. The lowest BCUT2D eigenvalue weighted by atomic mass is 10.1. The van der Waals surface area contributed by atoms with Crippen LogP contribution >= 0.6 is 7.82 Å². The molecule has 0 unspecified atom stereocenters.